The summed E-state index contributed by atoms with van der Waals surface area (Å²) in [5.41, 5.74) is 2.48. The van der Waals surface area contributed by atoms with Gasteiger partial charge in [0.05, 0.1) is 12.9 Å². The highest BCUT2D eigenvalue weighted by molar-refractivity contribution is 5.35. The van der Waals surface area contributed by atoms with Crippen LogP contribution < -0.4 is 0 Å². The maximum absolute atomic E-state index is 5.54. The first-order valence-electron chi connectivity index (χ1n) is 9.60. The second-order valence-corrected chi connectivity index (χ2v) is 8.97. The van der Waals surface area contributed by atoms with E-state index in [1.165, 1.54) is 44.3 Å². The summed E-state index contributed by atoms with van der Waals surface area (Å²) >= 11 is 0. The van der Waals surface area contributed by atoms with Gasteiger partial charge in [0.2, 0.25) is 0 Å². The Kier molecular flexibility index (Phi) is 3.55. The Labute approximate surface area is 141 Å². The topological polar surface area (TPSA) is 9.23 Å². The summed E-state index contributed by atoms with van der Waals surface area (Å²) in [5, 5.41) is 0. The number of hydrogen-bond acceptors (Lipinski definition) is 1. The molecule has 2 saturated carbocycles. The van der Waals surface area contributed by atoms with Crippen molar-refractivity contribution < 1.29 is 4.74 Å². The quantitative estimate of drug-likeness (QED) is 0.577. The molecule has 0 saturated heterocycles. The van der Waals surface area contributed by atoms with Crippen molar-refractivity contribution in [2.75, 3.05) is 7.11 Å². The first kappa shape index (κ1) is 15.5. The van der Waals surface area contributed by atoms with E-state index in [9.17, 15) is 0 Å². The van der Waals surface area contributed by atoms with E-state index >= 15 is 0 Å². The van der Waals surface area contributed by atoms with E-state index in [1.54, 1.807) is 5.57 Å². The van der Waals surface area contributed by atoms with Gasteiger partial charge in [-0.2, -0.15) is 0 Å². The Balaban J connectivity index is 1.68. The van der Waals surface area contributed by atoms with Gasteiger partial charge >= 0.3 is 0 Å². The highest BCUT2D eigenvalue weighted by atomic mass is 16.5. The molecule has 1 nitrogen and oxygen atoms in total. The van der Waals surface area contributed by atoms with Gasteiger partial charge in [0.15, 0.2) is 0 Å². The molecular weight excluding hydrogens is 280 g/mol. The SMILES string of the molecule is C=CC1CCC2C3CC=C4C=C(OC)CCC4(C)C3CCC12C. The van der Waals surface area contributed by atoms with E-state index in [4.69, 9.17) is 4.74 Å². The predicted molar refractivity (Wildman–Crippen MR) is 95.9 cm³/mol. The second-order valence-electron chi connectivity index (χ2n) is 8.97. The Morgan fingerprint density at radius 1 is 1.17 bits per heavy atom. The fraction of sp³-hybridized carbons (Fsp3) is 0.727. The van der Waals surface area contributed by atoms with Crippen LogP contribution in [0, 0.1) is 34.5 Å². The predicted octanol–water partition coefficient (Wildman–Crippen LogP) is 5.89. The van der Waals surface area contributed by atoms with Gasteiger partial charge in [0.25, 0.3) is 0 Å². The molecule has 126 valence electrons. The summed E-state index contributed by atoms with van der Waals surface area (Å²) in [7, 11) is 1.82. The lowest BCUT2D eigenvalue weighted by molar-refractivity contribution is -0.0303. The summed E-state index contributed by atoms with van der Waals surface area (Å²) in [6.45, 7) is 9.26. The summed E-state index contributed by atoms with van der Waals surface area (Å²) in [4.78, 5) is 0. The number of rotatable bonds is 2. The number of hydrogen-bond donors (Lipinski definition) is 0. The molecular formula is C22H32O. The number of allylic oxidation sites excluding steroid dienone is 5. The Morgan fingerprint density at radius 2 is 2.00 bits per heavy atom. The summed E-state index contributed by atoms with van der Waals surface area (Å²) in [6.07, 6.45) is 16.5. The second kappa shape index (κ2) is 5.26. The zero-order valence-corrected chi connectivity index (χ0v) is 15.1. The van der Waals surface area contributed by atoms with E-state index in [1.807, 2.05) is 7.11 Å². The highest BCUT2D eigenvalue weighted by Gasteiger charge is 2.57. The van der Waals surface area contributed by atoms with Crippen LogP contribution in [0.5, 0.6) is 0 Å². The Bertz CT molecular complexity index is 571. The minimum absolute atomic E-state index is 0.387. The molecule has 4 aliphatic carbocycles. The van der Waals surface area contributed by atoms with Gasteiger partial charge in [-0.3, -0.25) is 0 Å². The van der Waals surface area contributed by atoms with Crippen LogP contribution in [-0.4, -0.2) is 7.11 Å². The Morgan fingerprint density at radius 3 is 2.74 bits per heavy atom. The third-order valence-corrected chi connectivity index (χ3v) is 8.35. The van der Waals surface area contributed by atoms with E-state index in [0.29, 0.717) is 10.8 Å². The molecule has 23 heavy (non-hydrogen) atoms. The van der Waals surface area contributed by atoms with Crippen molar-refractivity contribution in [3.63, 3.8) is 0 Å². The minimum atomic E-state index is 0.387. The summed E-state index contributed by atoms with van der Waals surface area (Å²) in [6, 6.07) is 0. The van der Waals surface area contributed by atoms with Gasteiger partial charge in [-0.25, -0.2) is 0 Å². The van der Waals surface area contributed by atoms with Crippen LogP contribution in [0.15, 0.2) is 36.1 Å². The number of fused-ring (bicyclic) bond motifs is 5. The van der Waals surface area contributed by atoms with Crippen LogP contribution in [0.1, 0.15) is 58.8 Å². The zero-order valence-electron chi connectivity index (χ0n) is 15.1. The molecule has 0 N–H and O–H groups in total. The maximum atomic E-state index is 5.54. The molecule has 0 aromatic rings. The molecule has 4 rings (SSSR count). The summed E-state index contributed by atoms with van der Waals surface area (Å²) in [5.74, 6) is 4.61. The highest BCUT2D eigenvalue weighted by Crippen LogP contribution is 2.66. The van der Waals surface area contributed by atoms with Gasteiger partial charge in [-0.15, -0.1) is 6.58 Å². The van der Waals surface area contributed by atoms with Crippen LogP contribution in [0.25, 0.3) is 0 Å². The molecule has 1 heteroatoms. The van der Waals surface area contributed by atoms with Crippen LogP contribution in [0.3, 0.4) is 0 Å². The van der Waals surface area contributed by atoms with Crippen molar-refractivity contribution >= 4 is 0 Å². The van der Waals surface area contributed by atoms with Gasteiger partial charge in [0.1, 0.15) is 0 Å². The average molecular weight is 312 g/mol. The molecule has 0 aliphatic heterocycles. The third-order valence-electron chi connectivity index (χ3n) is 8.35. The standard InChI is InChI=1S/C22H32O/c1-5-15-7-9-19-18-8-6-16-14-17(23-4)10-12-22(16,3)20(18)11-13-21(15,19)2/h5-6,14-15,18-20H,1,7-13H2,2-4H3. The molecule has 0 aromatic heterocycles. The smallest absolute Gasteiger partial charge is 0.0958 e. The largest absolute Gasteiger partial charge is 0.501 e. The molecule has 2 fully saturated rings. The number of ether oxygens (including phenoxy) is 1. The monoisotopic (exact) mass is 312 g/mol. The van der Waals surface area contributed by atoms with E-state index in [2.05, 4.69) is 38.7 Å². The molecule has 0 amide bonds. The first-order chi connectivity index (χ1) is 11.0. The van der Waals surface area contributed by atoms with Gasteiger partial charge < -0.3 is 4.74 Å². The summed E-state index contributed by atoms with van der Waals surface area (Å²) < 4.78 is 5.54. The fourth-order valence-corrected chi connectivity index (χ4v) is 6.89. The molecule has 0 aromatic carbocycles. The van der Waals surface area contributed by atoms with Crippen molar-refractivity contribution in [2.45, 2.75) is 58.8 Å². The molecule has 0 bridgehead atoms. The van der Waals surface area contributed by atoms with Crippen molar-refractivity contribution in [3.8, 4) is 0 Å². The average Bonchev–Trinajstić information content (AvgIpc) is 2.90. The van der Waals surface area contributed by atoms with Gasteiger partial charge in [-0.1, -0.05) is 26.0 Å². The molecule has 0 spiro atoms. The molecule has 6 atom stereocenters. The van der Waals surface area contributed by atoms with Crippen LogP contribution in [-0.2, 0) is 4.74 Å². The van der Waals surface area contributed by atoms with E-state index < -0.39 is 0 Å². The lowest BCUT2D eigenvalue weighted by Crippen LogP contribution is -2.49. The van der Waals surface area contributed by atoms with Crippen LogP contribution >= 0.6 is 0 Å². The minimum Gasteiger partial charge on any atom is -0.501 e. The molecule has 4 aliphatic rings. The maximum Gasteiger partial charge on any atom is 0.0958 e. The number of methoxy groups -OCH3 is 1. The lowest BCUT2D eigenvalue weighted by atomic mass is 9.48. The molecule has 0 radical (unpaired) electrons. The van der Waals surface area contributed by atoms with E-state index in [0.717, 1.165) is 30.1 Å². The third kappa shape index (κ3) is 2.04. The van der Waals surface area contributed by atoms with Gasteiger partial charge in [0, 0.05) is 6.42 Å². The van der Waals surface area contributed by atoms with Crippen molar-refractivity contribution in [1.82, 2.24) is 0 Å². The van der Waals surface area contributed by atoms with Crippen molar-refractivity contribution in [2.24, 2.45) is 34.5 Å². The first-order valence-corrected chi connectivity index (χ1v) is 9.60. The zero-order chi connectivity index (χ0) is 16.2. The van der Waals surface area contributed by atoms with Crippen molar-refractivity contribution in [3.05, 3.63) is 36.1 Å². The molecule has 0 heterocycles. The normalized spacial score (nSPS) is 48.5. The van der Waals surface area contributed by atoms with E-state index in [-0.39, 0.29) is 0 Å². The van der Waals surface area contributed by atoms with Crippen molar-refractivity contribution in [1.29, 1.82) is 0 Å². The molecule has 6 unspecified atom stereocenters. The van der Waals surface area contributed by atoms with Crippen LogP contribution in [0.2, 0.25) is 0 Å². The van der Waals surface area contributed by atoms with Crippen LogP contribution in [0.4, 0.5) is 0 Å². The lowest BCUT2D eigenvalue weighted by Gasteiger charge is -2.57. The Hall–Kier alpha value is -0.980. The fourth-order valence-electron chi connectivity index (χ4n) is 6.89. The van der Waals surface area contributed by atoms with Gasteiger partial charge in [-0.05, 0) is 84.7 Å².